The van der Waals surface area contributed by atoms with Gasteiger partial charge in [0.25, 0.3) is 11.8 Å². The first-order chi connectivity index (χ1) is 17.4. The van der Waals surface area contributed by atoms with Crippen LogP contribution in [0.1, 0.15) is 40.9 Å². The van der Waals surface area contributed by atoms with Gasteiger partial charge in [0.15, 0.2) is 11.5 Å². The molecule has 3 aromatic carbocycles. The van der Waals surface area contributed by atoms with Crippen molar-refractivity contribution in [2.45, 2.75) is 33.4 Å². The summed E-state index contributed by atoms with van der Waals surface area (Å²) >= 11 is 0. The second kappa shape index (κ2) is 12.9. The van der Waals surface area contributed by atoms with Crippen LogP contribution in [0.3, 0.4) is 0 Å². The number of rotatable bonds is 11. The Morgan fingerprint density at radius 3 is 2.36 bits per heavy atom. The molecule has 3 rings (SSSR count). The Hall–Kier alpha value is -4.33. The highest BCUT2D eigenvalue weighted by Crippen LogP contribution is 2.29. The summed E-state index contributed by atoms with van der Waals surface area (Å²) in [5.41, 5.74) is 5.84. The van der Waals surface area contributed by atoms with E-state index in [1.165, 1.54) is 11.8 Å². The molecule has 0 aliphatic rings. The molecule has 0 bridgehead atoms. The molecule has 0 aliphatic carbocycles. The van der Waals surface area contributed by atoms with Crippen molar-refractivity contribution in [3.8, 4) is 17.2 Å². The zero-order valence-corrected chi connectivity index (χ0v) is 20.9. The maximum Gasteiger partial charge on any atom is 0.262 e. The van der Waals surface area contributed by atoms with Crippen LogP contribution in [0.15, 0.2) is 71.8 Å². The molecule has 1 atom stereocenters. The van der Waals surface area contributed by atoms with Gasteiger partial charge in [0.1, 0.15) is 18.4 Å². The molecule has 0 aliphatic heterocycles. The van der Waals surface area contributed by atoms with Gasteiger partial charge >= 0.3 is 0 Å². The number of methoxy groups -OCH3 is 1. The molecule has 3 aromatic rings. The van der Waals surface area contributed by atoms with Crippen LogP contribution < -0.4 is 25.0 Å². The van der Waals surface area contributed by atoms with Crippen LogP contribution in [0.4, 0.5) is 0 Å². The number of nitrogens with one attached hydrogen (secondary N) is 2. The average molecular weight is 490 g/mol. The summed E-state index contributed by atoms with van der Waals surface area (Å²) in [4.78, 5) is 24.7. The van der Waals surface area contributed by atoms with Gasteiger partial charge in [-0.2, -0.15) is 5.10 Å². The Kier molecular flexibility index (Phi) is 9.45. The summed E-state index contributed by atoms with van der Waals surface area (Å²) < 4.78 is 16.8. The Morgan fingerprint density at radius 1 is 0.972 bits per heavy atom. The molecule has 0 spiro atoms. The largest absolute Gasteiger partial charge is 0.497 e. The van der Waals surface area contributed by atoms with E-state index in [0.29, 0.717) is 36.0 Å². The lowest BCUT2D eigenvalue weighted by Crippen LogP contribution is -2.43. The standard InChI is InChI=1S/C28H31N3O5/c1-5-35-26-16-22(10-15-25(26)36-18-21-8-6-19(2)7-9-21)17-29-31-27(32)20(3)30-28(33)23-11-13-24(34-4)14-12-23/h6-17,20H,5,18H2,1-4H3,(H,30,33)(H,31,32). The molecule has 0 aromatic heterocycles. The molecule has 0 saturated carbocycles. The van der Waals surface area contributed by atoms with Crippen molar-refractivity contribution < 1.29 is 23.8 Å². The highest BCUT2D eigenvalue weighted by atomic mass is 16.5. The third-order valence-electron chi connectivity index (χ3n) is 5.26. The van der Waals surface area contributed by atoms with E-state index in [4.69, 9.17) is 14.2 Å². The maximum atomic E-state index is 12.4. The topological polar surface area (TPSA) is 98.2 Å². The Balaban J connectivity index is 1.55. The highest BCUT2D eigenvalue weighted by Gasteiger charge is 2.16. The van der Waals surface area contributed by atoms with Gasteiger partial charge in [-0.15, -0.1) is 0 Å². The van der Waals surface area contributed by atoms with Crippen LogP contribution in [0, 0.1) is 6.92 Å². The van der Waals surface area contributed by atoms with Crippen molar-refractivity contribution >= 4 is 18.0 Å². The summed E-state index contributed by atoms with van der Waals surface area (Å²) in [6.07, 6.45) is 1.50. The lowest BCUT2D eigenvalue weighted by molar-refractivity contribution is -0.122. The summed E-state index contributed by atoms with van der Waals surface area (Å²) in [6, 6.07) is 19.4. The van der Waals surface area contributed by atoms with E-state index in [1.807, 2.05) is 44.2 Å². The van der Waals surface area contributed by atoms with E-state index in [1.54, 1.807) is 50.4 Å². The number of amides is 2. The van der Waals surface area contributed by atoms with Crippen molar-refractivity contribution in [3.63, 3.8) is 0 Å². The van der Waals surface area contributed by atoms with Crippen molar-refractivity contribution in [1.29, 1.82) is 0 Å². The summed E-state index contributed by atoms with van der Waals surface area (Å²) in [5, 5.41) is 6.65. The highest BCUT2D eigenvalue weighted by molar-refractivity contribution is 5.97. The van der Waals surface area contributed by atoms with Gasteiger partial charge < -0.3 is 19.5 Å². The number of hydrazone groups is 1. The van der Waals surface area contributed by atoms with Gasteiger partial charge in [0.05, 0.1) is 19.9 Å². The Morgan fingerprint density at radius 2 is 1.69 bits per heavy atom. The van der Waals surface area contributed by atoms with Crippen LogP contribution in [0.25, 0.3) is 0 Å². The molecule has 36 heavy (non-hydrogen) atoms. The molecule has 188 valence electrons. The number of carbonyl (C=O) groups excluding carboxylic acids is 2. The van der Waals surface area contributed by atoms with Crippen molar-refractivity contribution in [2.24, 2.45) is 5.10 Å². The second-order valence-corrected chi connectivity index (χ2v) is 8.07. The first kappa shape index (κ1) is 26.3. The quantitative estimate of drug-likeness (QED) is 0.310. The fourth-order valence-corrected chi connectivity index (χ4v) is 3.19. The minimum atomic E-state index is -0.784. The predicted molar refractivity (Wildman–Crippen MR) is 139 cm³/mol. The van der Waals surface area contributed by atoms with Crippen molar-refractivity contribution in [2.75, 3.05) is 13.7 Å². The van der Waals surface area contributed by atoms with Crippen LogP contribution >= 0.6 is 0 Å². The SMILES string of the molecule is CCOc1cc(C=NNC(=O)C(C)NC(=O)c2ccc(OC)cc2)ccc1OCc1ccc(C)cc1. The van der Waals surface area contributed by atoms with E-state index >= 15 is 0 Å². The molecule has 2 amide bonds. The lowest BCUT2D eigenvalue weighted by atomic mass is 10.2. The average Bonchev–Trinajstić information content (AvgIpc) is 2.89. The summed E-state index contributed by atoms with van der Waals surface area (Å²) in [6.45, 7) is 6.42. The van der Waals surface area contributed by atoms with E-state index in [2.05, 4.69) is 15.8 Å². The van der Waals surface area contributed by atoms with Gasteiger partial charge in [-0.1, -0.05) is 29.8 Å². The minimum Gasteiger partial charge on any atom is -0.497 e. The number of ether oxygens (including phenoxy) is 3. The Bertz CT molecular complexity index is 1190. The van der Waals surface area contributed by atoms with E-state index < -0.39 is 11.9 Å². The van der Waals surface area contributed by atoms with Gasteiger partial charge in [-0.3, -0.25) is 9.59 Å². The number of aryl methyl sites for hydroxylation is 1. The Labute approximate surface area is 211 Å². The first-order valence-corrected chi connectivity index (χ1v) is 11.6. The van der Waals surface area contributed by atoms with E-state index in [9.17, 15) is 9.59 Å². The molecule has 8 nitrogen and oxygen atoms in total. The van der Waals surface area contributed by atoms with Gasteiger partial charge in [0, 0.05) is 5.56 Å². The number of hydrogen-bond donors (Lipinski definition) is 2. The third-order valence-corrected chi connectivity index (χ3v) is 5.26. The lowest BCUT2D eigenvalue weighted by Gasteiger charge is -2.13. The van der Waals surface area contributed by atoms with Gasteiger partial charge in [-0.25, -0.2) is 5.43 Å². The molecule has 8 heteroatoms. The molecule has 1 unspecified atom stereocenters. The fourth-order valence-electron chi connectivity index (χ4n) is 3.19. The zero-order chi connectivity index (χ0) is 25.9. The van der Waals surface area contributed by atoms with Gasteiger partial charge in [-0.05, 0) is 74.4 Å². The number of carbonyl (C=O) groups is 2. The minimum absolute atomic E-state index is 0.369. The molecular weight excluding hydrogens is 458 g/mol. The molecule has 0 heterocycles. The summed E-state index contributed by atoms with van der Waals surface area (Å²) in [5.74, 6) is 1.03. The smallest absolute Gasteiger partial charge is 0.262 e. The molecular formula is C28H31N3O5. The van der Waals surface area contributed by atoms with Crippen LogP contribution in [-0.4, -0.2) is 37.8 Å². The second-order valence-electron chi connectivity index (χ2n) is 8.07. The monoisotopic (exact) mass is 489 g/mol. The fraction of sp³-hybridized carbons (Fsp3) is 0.250. The molecule has 0 fully saturated rings. The molecule has 0 saturated heterocycles. The van der Waals surface area contributed by atoms with Gasteiger partial charge in [0.2, 0.25) is 0 Å². The summed E-state index contributed by atoms with van der Waals surface area (Å²) in [7, 11) is 1.55. The first-order valence-electron chi connectivity index (χ1n) is 11.6. The van der Waals surface area contributed by atoms with Crippen molar-refractivity contribution in [1.82, 2.24) is 10.7 Å². The van der Waals surface area contributed by atoms with Crippen LogP contribution in [0.5, 0.6) is 17.2 Å². The molecule has 2 N–H and O–H groups in total. The van der Waals surface area contributed by atoms with E-state index in [-0.39, 0.29) is 5.91 Å². The number of hydrogen-bond acceptors (Lipinski definition) is 6. The zero-order valence-electron chi connectivity index (χ0n) is 20.9. The van der Waals surface area contributed by atoms with Crippen LogP contribution in [0.2, 0.25) is 0 Å². The predicted octanol–water partition coefficient (Wildman–Crippen LogP) is 4.25. The normalized spacial score (nSPS) is 11.6. The number of benzene rings is 3. The van der Waals surface area contributed by atoms with E-state index in [0.717, 1.165) is 11.1 Å². The number of nitrogens with zero attached hydrogens (tertiary/aromatic N) is 1. The molecule has 0 radical (unpaired) electrons. The van der Waals surface area contributed by atoms with Crippen molar-refractivity contribution in [3.05, 3.63) is 89.0 Å². The maximum absolute atomic E-state index is 12.4. The third kappa shape index (κ3) is 7.59. The van der Waals surface area contributed by atoms with Crippen LogP contribution in [-0.2, 0) is 11.4 Å².